The molecule has 0 aliphatic heterocycles. The third-order valence-electron chi connectivity index (χ3n) is 5.98. The number of amides is 2. The van der Waals surface area contributed by atoms with Crippen molar-refractivity contribution >= 4 is 29.7 Å². The summed E-state index contributed by atoms with van der Waals surface area (Å²) in [5.41, 5.74) is 3.31. The molecule has 0 saturated heterocycles. The average molecular weight is 609 g/mol. The van der Waals surface area contributed by atoms with Crippen LogP contribution in [-0.2, 0) is 4.79 Å². The molecule has 0 aliphatic carbocycles. The van der Waals surface area contributed by atoms with Crippen molar-refractivity contribution in [3.63, 3.8) is 0 Å². The van der Waals surface area contributed by atoms with E-state index in [1.165, 1.54) is 70.0 Å². The third-order valence-corrected chi connectivity index (χ3v) is 5.98. The molecule has 232 valence electrons. The molecule has 0 heterocycles. The number of nitro groups is 1. The molecule has 3 rings (SSSR count). The van der Waals surface area contributed by atoms with E-state index in [9.17, 15) is 24.5 Å². The molecule has 14 heteroatoms. The number of methoxy groups -OCH3 is 3. The Hall–Kier alpha value is -5.66. The number of hydrogen-bond acceptors (Lipinski definition) is 11. The van der Waals surface area contributed by atoms with Gasteiger partial charge in [-0.3, -0.25) is 19.7 Å². The summed E-state index contributed by atoms with van der Waals surface area (Å²) in [5, 5.41) is 17.3. The highest BCUT2D eigenvalue weighted by atomic mass is 16.6. The largest absolute Gasteiger partial charge is 0.493 e. The molecule has 0 radical (unpaired) electrons. The number of nitro benzene ring substituents is 1. The van der Waals surface area contributed by atoms with Gasteiger partial charge in [0.2, 0.25) is 11.7 Å². The van der Waals surface area contributed by atoms with Crippen LogP contribution in [0.2, 0.25) is 0 Å². The van der Waals surface area contributed by atoms with Gasteiger partial charge in [-0.25, -0.2) is 10.2 Å². The zero-order valence-corrected chi connectivity index (χ0v) is 24.6. The summed E-state index contributed by atoms with van der Waals surface area (Å²) < 4.78 is 27.1. The molecule has 44 heavy (non-hydrogen) atoms. The number of rotatable bonds is 15. The summed E-state index contributed by atoms with van der Waals surface area (Å²) in [6, 6.07) is 12.9. The first-order chi connectivity index (χ1) is 21.2. The molecule has 0 unspecified atom stereocenters. The van der Waals surface area contributed by atoms with Crippen LogP contribution >= 0.6 is 0 Å². The molecule has 0 atom stereocenters. The summed E-state index contributed by atoms with van der Waals surface area (Å²) in [6.07, 6.45) is 1.85. The molecule has 3 aromatic rings. The number of carbonyl (C=O) groups is 3. The second-order valence-corrected chi connectivity index (χ2v) is 8.90. The van der Waals surface area contributed by atoms with Crippen LogP contribution in [0.3, 0.4) is 0 Å². The van der Waals surface area contributed by atoms with E-state index >= 15 is 0 Å². The maximum Gasteiger partial charge on any atom is 0.343 e. The first-order valence-corrected chi connectivity index (χ1v) is 13.3. The molecule has 3 aromatic carbocycles. The molecule has 0 fully saturated rings. The van der Waals surface area contributed by atoms with Crippen LogP contribution in [0.5, 0.6) is 28.7 Å². The second-order valence-electron chi connectivity index (χ2n) is 8.90. The van der Waals surface area contributed by atoms with Crippen LogP contribution in [0.4, 0.5) is 5.69 Å². The number of hydrazone groups is 1. The lowest BCUT2D eigenvalue weighted by atomic mass is 10.1. The first kappa shape index (κ1) is 32.8. The van der Waals surface area contributed by atoms with E-state index < -0.39 is 16.8 Å². The molecule has 0 bridgehead atoms. The van der Waals surface area contributed by atoms with Crippen molar-refractivity contribution in [3.05, 3.63) is 81.4 Å². The Morgan fingerprint density at radius 1 is 0.886 bits per heavy atom. The highest BCUT2D eigenvalue weighted by molar-refractivity contribution is 5.94. The minimum absolute atomic E-state index is 0.0951. The lowest BCUT2D eigenvalue weighted by Gasteiger charge is -2.15. The topological polar surface area (TPSA) is 177 Å². The normalized spacial score (nSPS) is 10.5. The van der Waals surface area contributed by atoms with Gasteiger partial charge in [0.1, 0.15) is 0 Å². The number of benzene rings is 3. The van der Waals surface area contributed by atoms with E-state index in [4.69, 9.17) is 23.7 Å². The summed E-state index contributed by atoms with van der Waals surface area (Å²) in [4.78, 5) is 47.4. The van der Waals surface area contributed by atoms with E-state index in [0.29, 0.717) is 35.8 Å². The minimum atomic E-state index is -0.678. The fourth-order valence-electron chi connectivity index (χ4n) is 3.84. The highest BCUT2D eigenvalue weighted by Crippen LogP contribution is 2.39. The predicted molar refractivity (Wildman–Crippen MR) is 159 cm³/mol. The van der Waals surface area contributed by atoms with Crippen molar-refractivity contribution in [3.8, 4) is 28.7 Å². The maximum absolute atomic E-state index is 12.9. The van der Waals surface area contributed by atoms with Gasteiger partial charge in [0.25, 0.3) is 11.6 Å². The number of nitrogens with one attached hydrogen (secondary N) is 2. The van der Waals surface area contributed by atoms with Crippen molar-refractivity contribution in [2.45, 2.75) is 19.8 Å². The van der Waals surface area contributed by atoms with Gasteiger partial charge in [-0.05, 0) is 61.4 Å². The van der Waals surface area contributed by atoms with Gasteiger partial charge in [0.05, 0.1) is 44.6 Å². The third kappa shape index (κ3) is 8.92. The fourth-order valence-corrected chi connectivity index (χ4v) is 3.84. The molecular weight excluding hydrogens is 576 g/mol. The Labute approximate surface area is 253 Å². The molecule has 2 amide bonds. The fraction of sp³-hybridized carbons (Fsp3) is 0.267. The van der Waals surface area contributed by atoms with Gasteiger partial charge in [0.15, 0.2) is 23.0 Å². The number of hydrogen-bond donors (Lipinski definition) is 2. The minimum Gasteiger partial charge on any atom is -0.493 e. The average Bonchev–Trinajstić information content (AvgIpc) is 3.03. The molecule has 0 aromatic heterocycles. The van der Waals surface area contributed by atoms with E-state index in [-0.39, 0.29) is 47.2 Å². The Morgan fingerprint density at radius 2 is 1.57 bits per heavy atom. The van der Waals surface area contributed by atoms with Gasteiger partial charge in [-0.15, -0.1) is 0 Å². The predicted octanol–water partition coefficient (Wildman–Crippen LogP) is 3.90. The van der Waals surface area contributed by atoms with E-state index in [2.05, 4.69) is 15.8 Å². The standard InChI is InChI=1S/C30H32N4O10/c1-5-43-24-15-19(8-13-23(24)44-30(37)21-16-25(40-2)28(42-4)26(17-21)41-3)18-32-33-27(35)7-6-14-31-29(36)20-9-11-22(12-10-20)34(38)39/h8-13,15-18H,5-7,14H2,1-4H3,(H,31,36)(H,33,35)/b32-18+. The van der Waals surface area contributed by atoms with Gasteiger partial charge >= 0.3 is 5.97 Å². The number of carbonyl (C=O) groups excluding carboxylic acids is 3. The number of ether oxygens (including phenoxy) is 5. The lowest BCUT2D eigenvalue weighted by molar-refractivity contribution is -0.384. The zero-order chi connectivity index (χ0) is 32.1. The maximum atomic E-state index is 12.9. The molecule has 0 aliphatic rings. The summed E-state index contributed by atoms with van der Waals surface area (Å²) in [5.74, 6) is -0.0666. The smallest absolute Gasteiger partial charge is 0.343 e. The first-order valence-electron chi connectivity index (χ1n) is 13.3. The Kier molecular flexibility index (Phi) is 12.0. The van der Waals surface area contributed by atoms with Crippen molar-refractivity contribution in [2.75, 3.05) is 34.5 Å². The molecule has 0 spiro atoms. The van der Waals surface area contributed by atoms with Crippen molar-refractivity contribution < 1.29 is 43.0 Å². The molecular formula is C30H32N4O10. The van der Waals surface area contributed by atoms with Crippen LogP contribution in [-0.4, -0.2) is 63.4 Å². The van der Waals surface area contributed by atoms with Crippen molar-refractivity contribution in [1.29, 1.82) is 0 Å². The second kappa shape index (κ2) is 16.1. The Bertz CT molecular complexity index is 1500. The summed E-state index contributed by atoms with van der Waals surface area (Å²) in [6.45, 7) is 2.30. The number of nitrogens with zero attached hydrogens (tertiary/aromatic N) is 2. The van der Waals surface area contributed by atoms with Crippen molar-refractivity contribution in [2.24, 2.45) is 5.10 Å². The van der Waals surface area contributed by atoms with Crippen LogP contribution in [0.15, 0.2) is 59.7 Å². The van der Waals surface area contributed by atoms with Crippen LogP contribution in [0, 0.1) is 10.1 Å². The quantitative estimate of drug-likeness (QED) is 0.0642. The Morgan fingerprint density at radius 3 is 2.16 bits per heavy atom. The van der Waals surface area contributed by atoms with E-state index in [0.717, 1.165) is 0 Å². The highest BCUT2D eigenvalue weighted by Gasteiger charge is 2.20. The number of esters is 1. The van der Waals surface area contributed by atoms with Crippen molar-refractivity contribution in [1.82, 2.24) is 10.7 Å². The molecule has 2 N–H and O–H groups in total. The molecule has 0 saturated carbocycles. The van der Waals surface area contributed by atoms with Gasteiger partial charge in [-0.2, -0.15) is 5.10 Å². The van der Waals surface area contributed by atoms with E-state index in [1.807, 2.05) is 0 Å². The lowest BCUT2D eigenvalue weighted by Crippen LogP contribution is -2.26. The monoisotopic (exact) mass is 608 g/mol. The SMILES string of the molecule is CCOc1cc(/C=N/NC(=O)CCCNC(=O)c2ccc([N+](=O)[O-])cc2)ccc1OC(=O)c1cc(OC)c(OC)c(OC)c1. The summed E-state index contributed by atoms with van der Waals surface area (Å²) in [7, 11) is 4.34. The van der Waals surface area contributed by atoms with Gasteiger partial charge < -0.3 is 29.0 Å². The number of non-ortho nitro benzene ring substituents is 1. The van der Waals surface area contributed by atoms with Crippen LogP contribution < -0.4 is 34.4 Å². The van der Waals surface area contributed by atoms with E-state index in [1.54, 1.807) is 19.1 Å². The van der Waals surface area contributed by atoms with Crippen LogP contribution in [0.1, 0.15) is 46.0 Å². The van der Waals surface area contributed by atoms with Gasteiger partial charge in [-0.1, -0.05) is 0 Å². The Balaban J connectivity index is 1.54. The zero-order valence-electron chi connectivity index (χ0n) is 24.6. The molecule has 14 nitrogen and oxygen atoms in total. The summed E-state index contributed by atoms with van der Waals surface area (Å²) >= 11 is 0. The van der Waals surface area contributed by atoms with Gasteiger partial charge in [0, 0.05) is 30.7 Å². The van der Waals surface area contributed by atoms with Crippen LogP contribution in [0.25, 0.3) is 0 Å².